The fraction of sp³-hybridized carbons (Fsp3) is 0.889. The van der Waals surface area contributed by atoms with E-state index in [9.17, 15) is 4.79 Å². The van der Waals surface area contributed by atoms with Crippen molar-refractivity contribution in [1.82, 2.24) is 4.90 Å². The van der Waals surface area contributed by atoms with Crippen LogP contribution in [0.4, 0.5) is 0 Å². The lowest BCUT2D eigenvalue weighted by molar-refractivity contribution is -0.133. The number of carbonyl (C=O) groups excluding carboxylic acids is 1. The summed E-state index contributed by atoms with van der Waals surface area (Å²) in [5.74, 6) is 0.496. The van der Waals surface area contributed by atoms with Crippen LogP contribution >= 0.6 is 0 Å². The number of carbonyl (C=O) groups is 1. The first-order valence-corrected chi connectivity index (χ1v) is 4.45. The molecular weight excluding hydrogens is 154 g/mol. The van der Waals surface area contributed by atoms with Crippen molar-refractivity contribution in [3.63, 3.8) is 0 Å². The van der Waals surface area contributed by atoms with Gasteiger partial charge in [0.1, 0.15) is 0 Å². The van der Waals surface area contributed by atoms with Crippen molar-refractivity contribution in [3.05, 3.63) is 0 Å². The van der Waals surface area contributed by atoms with Gasteiger partial charge in [0.25, 0.3) is 0 Å². The summed E-state index contributed by atoms with van der Waals surface area (Å²) >= 11 is 0. The van der Waals surface area contributed by atoms with Crippen molar-refractivity contribution in [2.75, 3.05) is 20.2 Å². The van der Waals surface area contributed by atoms with Crippen molar-refractivity contribution in [3.8, 4) is 0 Å². The number of hydrogen-bond acceptors (Lipinski definition) is 2. The molecule has 0 bridgehead atoms. The molecule has 3 heteroatoms. The second-order valence-electron chi connectivity index (χ2n) is 3.19. The summed E-state index contributed by atoms with van der Waals surface area (Å²) in [5.41, 5.74) is 0. The third-order valence-electron chi connectivity index (χ3n) is 1.91. The van der Waals surface area contributed by atoms with Crippen LogP contribution in [0, 0.1) is 5.92 Å². The Labute approximate surface area is 74.4 Å². The van der Waals surface area contributed by atoms with Gasteiger partial charge in [-0.2, -0.15) is 0 Å². The molecule has 1 rings (SSSR count). The molecule has 12 heavy (non-hydrogen) atoms. The van der Waals surface area contributed by atoms with Gasteiger partial charge in [-0.05, 0) is 12.8 Å². The number of hydrogen-bond donors (Lipinski definition) is 1. The van der Waals surface area contributed by atoms with Crippen LogP contribution in [0.1, 0.15) is 26.7 Å². The Morgan fingerprint density at radius 3 is 2.00 bits per heavy atom. The van der Waals surface area contributed by atoms with E-state index in [0.29, 0.717) is 5.91 Å². The number of aliphatic hydroxyl groups excluding tert-OH is 1. The molecule has 1 saturated heterocycles. The Bertz CT molecular complexity index is 128. The highest BCUT2D eigenvalue weighted by Gasteiger charge is 2.19. The minimum absolute atomic E-state index is 0.179. The topological polar surface area (TPSA) is 40.5 Å². The Kier molecular flexibility index (Phi) is 5.72. The fourth-order valence-corrected chi connectivity index (χ4v) is 1.30. The van der Waals surface area contributed by atoms with E-state index >= 15 is 0 Å². The van der Waals surface area contributed by atoms with Crippen LogP contribution in [0.2, 0.25) is 0 Å². The van der Waals surface area contributed by atoms with Crippen molar-refractivity contribution >= 4 is 5.91 Å². The van der Waals surface area contributed by atoms with Gasteiger partial charge < -0.3 is 10.0 Å². The number of rotatable bonds is 1. The Hall–Kier alpha value is -0.570. The molecule has 0 radical (unpaired) electrons. The molecule has 3 nitrogen and oxygen atoms in total. The molecule has 0 unspecified atom stereocenters. The average molecular weight is 173 g/mol. The van der Waals surface area contributed by atoms with E-state index in [-0.39, 0.29) is 5.92 Å². The zero-order valence-electron chi connectivity index (χ0n) is 8.21. The second-order valence-corrected chi connectivity index (χ2v) is 3.19. The lowest BCUT2D eigenvalue weighted by Gasteiger charge is -2.17. The standard InChI is InChI=1S/C8H15NO.CH4O/c1-7(2)8(10)9-5-3-4-6-9;1-2/h7H,3-6H2,1-2H3;2H,1H3. The highest BCUT2D eigenvalue weighted by Crippen LogP contribution is 2.10. The monoisotopic (exact) mass is 173 g/mol. The summed E-state index contributed by atoms with van der Waals surface area (Å²) in [6.07, 6.45) is 2.39. The van der Waals surface area contributed by atoms with Crippen molar-refractivity contribution in [2.45, 2.75) is 26.7 Å². The third-order valence-corrected chi connectivity index (χ3v) is 1.91. The normalized spacial score (nSPS) is 15.9. The summed E-state index contributed by atoms with van der Waals surface area (Å²) < 4.78 is 0. The molecule has 0 aliphatic carbocycles. The average Bonchev–Trinajstić information content (AvgIpc) is 2.58. The van der Waals surface area contributed by atoms with Gasteiger partial charge in [-0.15, -0.1) is 0 Å². The summed E-state index contributed by atoms with van der Waals surface area (Å²) in [6.45, 7) is 5.88. The maximum atomic E-state index is 11.3. The summed E-state index contributed by atoms with van der Waals surface area (Å²) in [5, 5.41) is 7.00. The minimum atomic E-state index is 0.179. The first-order valence-electron chi connectivity index (χ1n) is 4.45. The molecule has 1 N–H and O–H groups in total. The van der Waals surface area contributed by atoms with Gasteiger partial charge in [0.05, 0.1) is 0 Å². The molecule has 1 heterocycles. The minimum Gasteiger partial charge on any atom is -0.400 e. The highest BCUT2D eigenvalue weighted by molar-refractivity contribution is 5.78. The number of likely N-dealkylation sites (tertiary alicyclic amines) is 1. The van der Waals surface area contributed by atoms with Gasteiger partial charge in [-0.25, -0.2) is 0 Å². The molecule has 0 aromatic rings. The van der Waals surface area contributed by atoms with Crippen LogP contribution < -0.4 is 0 Å². The molecule has 0 spiro atoms. The van der Waals surface area contributed by atoms with E-state index in [0.717, 1.165) is 20.2 Å². The van der Waals surface area contributed by atoms with Gasteiger partial charge >= 0.3 is 0 Å². The quantitative estimate of drug-likeness (QED) is 0.639. The van der Waals surface area contributed by atoms with Gasteiger partial charge in [-0.3, -0.25) is 4.79 Å². The van der Waals surface area contributed by atoms with E-state index < -0.39 is 0 Å². The van der Waals surface area contributed by atoms with E-state index in [2.05, 4.69) is 0 Å². The zero-order valence-corrected chi connectivity index (χ0v) is 8.21. The zero-order chi connectivity index (χ0) is 9.56. The van der Waals surface area contributed by atoms with Crippen LogP contribution in [-0.4, -0.2) is 36.1 Å². The van der Waals surface area contributed by atoms with E-state index in [1.54, 1.807) is 0 Å². The molecule has 1 aliphatic rings. The lowest BCUT2D eigenvalue weighted by atomic mass is 10.2. The SMILES string of the molecule is CC(C)C(=O)N1CCCC1.CO. The Morgan fingerprint density at radius 2 is 1.67 bits per heavy atom. The predicted molar refractivity (Wildman–Crippen MR) is 48.8 cm³/mol. The molecule has 0 atom stereocenters. The number of nitrogens with zero attached hydrogens (tertiary/aromatic N) is 1. The summed E-state index contributed by atoms with van der Waals surface area (Å²) in [4.78, 5) is 13.2. The van der Waals surface area contributed by atoms with Gasteiger partial charge in [0, 0.05) is 26.1 Å². The molecule has 1 fully saturated rings. The molecule has 0 saturated carbocycles. The molecule has 1 amide bonds. The second kappa shape index (κ2) is 6.00. The largest absolute Gasteiger partial charge is 0.400 e. The molecule has 0 aromatic heterocycles. The van der Waals surface area contributed by atoms with Gasteiger partial charge in [-0.1, -0.05) is 13.8 Å². The first kappa shape index (κ1) is 11.4. The molecule has 0 aromatic carbocycles. The Morgan fingerprint density at radius 1 is 1.25 bits per heavy atom. The van der Waals surface area contributed by atoms with Gasteiger partial charge in [0.2, 0.25) is 5.91 Å². The summed E-state index contributed by atoms with van der Waals surface area (Å²) in [7, 11) is 1.00. The maximum absolute atomic E-state index is 11.3. The van der Waals surface area contributed by atoms with E-state index in [1.165, 1.54) is 12.8 Å². The summed E-state index contributed by atoms with van der Waals surface area (Å²) in [6, 6.07) is 0. The first-order chi connectivity index (χ1) is 5.72. The fourth-order valence-electron chi connectivity index (χ4n) is 1.30. The van der Waals surface area contributed by atoms with Crippen molar-refractivity contribution in [1.29, 1.82) is 0 Å². The number of aliphatic hydroxyl groups is 1. The third kappa shape index (κ3) is 3.22. The number of amides is 1. The Balaban J connectivity index is 0.000000561. The van der Waals surface area contributed by atoms with E-state index in [4.69, 9.17) is 5.11 Å². The van der Waals surface area contributed by atoms with Gasteiger partial charge in [0.15, 0.2) is 0 Å². The molecular formula is C9H19NO2. The molecule has 72 valence electrons. The van der Waals surface area contributed by atoms with Crippen LogP contribution in [0.5, 0.6) is 0 Å². The van der Waals surface area contributed by atoms with Crippen LogP contribution in [0.15, 0.2) is 0 Å². The van der Waals surface area contributed by atoms with Crippen LogP contribution in [0.3, 0.4) is 0 Å². The highest BCUT2D eigenvalue weighted by atomic mass is 16.2. The lowest BCUT2D eigenvalue weighted by Crippen LogP contribution is -2.31. The van der Waals surface area contributed by atoms with Crippen LogP contribution in [0.25, 0.3) is 0 Å². The predicted octanol–water partition coefficient (Wildman–Crippen LogP) is 0.873. The molecule has 1 aliphatic heterocycles. The van der Waals surface area contributed by atoms with E-state index in [1.807, 2.05) is 18.7 Å². The maximum Gasteiger partial charge on any atom is 0.225 e. The van der Waals surface area contributed by atoms with Crippen molar-refractivity contribution in [2.24, 2.45) is 5.92 Å². The van der Waals surface area contributed by atoms with Crippen molar-refractivity contribution < 1.29 is 9.90 Å². The smallest absolute Gasteiger partial charge is 0.225 e. The van der Waals surface area contributed by atoms with Crippen LogP contribution in [-0.2, 0) is 4.79 Å².